The van der Waals surface area contributed by atoms with Crippen molar-refractivity contribution >= 4 is 22.8 Å². The molecule has 0 saturated carbocycles. The maximum absolute atomic E-state index is 12.3. The smallest absolute Gasteiger partial charge is 0.251 e. The van der Waals surface area contributed by atoms with E-state index in [1.807, 2.05) is 49.3 Å². The van der Waals surface area contributed by atoms with Crippen molar-refractivity contribution in [1.29, 1.82) is 0 Å². The number of para-hydroxylation sites is 1. The molecule has 0 unspecified atom stereocenters. The fourth-order valence-electron chi connectivity index (χ4n) is 3.38. The second-order valence-corrected chi connectivity index (χ2v) is 7.72. The third kappa shape index (κ3) is 6.58. The summed E-state index contributed by atoms with van der Waals surface area (Å²) in [6.07, 6.45) is 2.96. The number of aromatic amines is 1. The van der Waals surface area contributed by atoms with E-state index < -0.39 is 0 Å². The zero-order chi connectivity index (χ0) is 22.1. The maximum atomic E-state index is 12.3. The number of fused-ring (bicyclic) bond motifs is 1. The van der Waals surface area contributed by atoms with Crippen LogP contribution in [0.3, 0.4) is 0 Å². The summed E-state index contributed by atoms with van der Waals surface area (Å²) in [5.41, 5.74) is 4.14. The maximum Gasteiger partial charge on any atom is 0.251 e. The lowest BCUT2D eigenvalue weighted by molar-refractivity contribution is 0.0951. The fourth-order valence-corrected chi connectivity index (χ4v) is 3.38. The first-order chi connectivity index (χ1) is 15.1. The number of likely N-dealkylation sites (N-methyl/N-ethyl adjacent to an activating group) is 1. The second-order valence-electron chi connectivity index (χ2n) is 7.72. The molecule has 0 saturated heterocycles. The molecule has 4 N–H and O–H groups in total. The van der Waals surface area contributed by atoms with Gasteiger partial charge in [-0.2, -0.15) is 0 Å². The molecule has 164 valence electrons. The summed E-state index contributed by atoms with van der Waals surface area (Å²) in [7, 11) is 5.73. The largest absolute Gasteiger partial charge is 0.361 e. The number of rotatable bonds is 9. The Balaban J connectivity index is 1.47. The third-order valence-electron chi connectivity index (χ3n) is 5.08. The molecule has 7 heteroatoms. The van der Waals surface area contributed by atoms with Crippen molar-refractivity contribution in [1.82, 2.24) is 25.8 Å². The first-order valence-corrected chi connectivity index (χ1v) is 10.6. The Morgan fingerprint density at radius 2 is 1.87 bits per heavy atom. The Hall–Kier alpha value is -3.32. The summed E-state index contributed by atoms with van der Waals surface area (Å²) < 4.78 is 0. The highest BCUT2D eigenvalue weighted by Gasteiger charge is 2.07. The zero-order valence-corrected chi connectivity index (χ0v) is 18.5. The number of hydrogen-bond acceptors (Lipinski definition) is 3. The normalized spacial score (nSPS) is 11.7. The topological polar surface area (TPSA) is 84.5 Å². The molecule has 0 aliphatic carbocycles. The summed E-state index contributed by atoms with van der Waals surface area (Å²) in [5, 5.41) is 10.9. The summed E-state index contributed by atoms with van der Waals surface area (Å²) in [6.45, 7) is 2.80. The van der Waals surface area contributed by atoms with Gasteiger partial charge in [-0.3, -0.25) is 9.79 Å². The van der Waals surface area contributed by atoms with Crippen LogP contribution >= 0.6 is 0 Å². The number of aromatic nitrogens is 1. The minimum Gasteiger partial charge on any atom is -0.361 e. The van der Waals surface area contributed by atoms with Gasteiger partial charge in [0.25, 0.3) is 5.91 Å². The van der Waals surface area contributed by atoms with Crippen molar-refractivity contribution < 1.29 is 4.79 Å². The molecule has 0 radical (unpaired) electrons. The van der Waals surface area contributed by atoms with Gasteiger partial charge in [-0.15, -0.1) is 0 Å². The molecule has 2 aromatic carbocycles. The summed E-state index contributed by atoms with van der Waals surface area (Å²) in [5.74, 6) is 0.686. The second kappa shape index (κ2) is 11.2. The Bertz CT molecular complexity index is 1020. The lowest BCUT2D eigenvalue weighted by Gasteiger charge is -2.13. The summed E-state index contributed by atoms with van der Waals surface area (Å²) in [6, 6.07) is 16.0. The van der Waals surface area contributed by atoms with E-state index in [1.54, 1.807) is 7.05 Å². The van der Waals surface area contributed by atoms with Gasteiger partial charge in [0.1, 0.15) is 0 Å². The molecule has 7 nitrogen and oxygen atoms in total. The molecule has 0 aliphatic rings. The van der Waals surface area contributed by atoms with Crippen molar-refractivity contribution in [3.05, 3.63) is 71.4 Å². The quantitative estimate of drug-likeness (QED) is 0.316. The molecule has 0 aliphatic heterocycles. The molecule has 0 fully saturated rings. The van der Waals surface area contributed by atoms with Crippen molar-refractivity contribution in [3.8, 4) is 0 Å². The lowest BCUT2D eigenvalue weighted by Crippen LogP contribution is -2.37. The van der Waals surface area contributed by atoms with Crippen LogP contribution in [-0.4, -0.2) is 62.5 Å². The van der Waals surface area contributed by atoms with E-state index in [1.165, 1.54) is 10.9 Å². The van der Waals surface area contributed by atoms with E-state index in [0.29, 0.717) is 18.7 Å². The van der Waals surface area contributed by atoms with E-state index in [0.717, 1.165) is 36.6 Å². The lowest BCUT2D eigenvalue weighted by atomic mass is 10.1. The van der Waals surface area contributed by atoms with Gasteiger partial charge in [0, 0.05) is 55.9 Å². The van der Waals surface area contributed by atoms with E-state index in [9.17, 15) is 4.79 Å². The van der Waals surface area contributed by atoms with E-state index >= 15 is 0 Å². The predicted molar refractivity (Wildman–Crippen MR) is 128 cm³/mol. The highest BCUT2D eigenvalue weighted by molar-refractivity contribution is 5.94. The molecule has 0 spiro atoms. The molecule has 0 atom stereocenters. The number of carbonyl (C=O) groups is 1. The molecule has 31 heavy (non-hydrogen) atoms. The van der Waals surface area contributed by atoms with Gasteiger partial charge in [0.15, 0.2) is 5.96 Å². The molecule has 1 heterocycles. The molecular weight excluding hydrogens is 388 g/mol. The average molecular weight is 421 g/mol. The van der Waals surface area contributed by atoms with E-state index in [-0.39, 0.29) is 5.91 Å². The number of benzene rings is 2. The Labute approximate surface area is 183 Å². The number of H-pyrrole nitrogens is 1. The first-order valence-electron chi connectivity index (χ1n) is 10.6. The van der Waals surface area contributed by atoms with Gasteiger partial charge in [0.2, 0.25) is 0 Å². The Kier molecular flexibility index (Phi) is 8.06. The van der Waals surface area contributed by atoms with Crippen LogP contribution in [0.5, 0.6) is 0 Å². The van der Waals surface area contributed by atoms with Crippen LogP contribution in [-0.2, 0) is 13.0 Å². The minimum atomic E-state index is -0.0510. The fraction of sp³-hybridized carbons (Fsp3) is 0.333. The van der Waals surface area contributed by atoms with E-state index in [4.69, 9.17) is 0 Å². The SMILES string of the molecule is CN=C(NCCc1c[nH]c2ccccc12)NCc1cccc(C(=O)NCCN(C)C)c1. The zero-order valence-electron chi connectivity index (χ0n) is 18.5. The number of guanidine groups is 1. The van der Waals surface area contributed by atoms with Crippen molar-refractivity contribution in [3.63, 3.8) is 0 Å². The van der Waals surface area contributed by atoms with Gasteiger partial charge >= 0.3 is 0 Å². The van der Waals surface area contributed by atoms with Gasteiger partial charge in [0.05, 0.1) is 0 Å². The van der Waals surface area contributed by atoms with Gasteiger partial charge < -0.3 is 25.8 Å². The molecule has 0 bridgehead atoms. The van der Waals surface area contributed by atoms with Crippen LogP contribution in [0.15, 0.2) is 59.7 Å². The molecule has 1 aromatic heterocycles. The number of aliphatic imine (C=N–C) groups is 1. The van der Waals surface area contributed by atoms with Crippen LogP contribution in [0.4, 0.5) is 0 Å². The van der Waals surface area contributed by atoms with Crippen LogP contribution in [0, 0.1) is 0 Å². The van der Waals surface area contributed by atoms with Crippen molar-refractivity contribution in [2.45, 2.75) is 13.0 Å². The number of hydrogen-bond donors (Lipinski definition) is 4. The molecule has 3 aromatic rings. The third-order valence-corrected chi connectivity index (χ3v) is 5.08. The summed E-state index contributed by atoms with van der Waals surface area (Å²) >= 11 is 0. The highest BCUT2D eigenvalue weighted by atomic mass is 16.1. The molecular formula is C24H32N6O. The highest BCUT2D eigenvalue weighted by Crippen LogP contribution is 2.17. The Morgan fingerprint density at radius 1 is 1.03 bits per heavy atom. The predicted octanol–water partition coefficient (Wildman–Crippen LogP) is 2.37. The monoisotopic (exact) mass is 420 g/mol. The van der Waals surface area contributed by atoms with Crippen molar-refractivity contribution in [2.24, 2.45) is 4.99 Å². The van der Waals surface area contributed by atoms with Crippen molar-refractivity contribution in [2.75, 3.05) is 40.8 Å². The number of nitrogens with one attached hydrogen (secondary N) is 4. The first kappa shape index (κ1) is 22.4. The summed E-state index contributed by atoms with van der Waals surface area (Å²) in [4.78, 5) is 22.0. The van der Waals surface area contributed by atoms with E-state index in [2.05, 4.69) is 50.3 Å². The van der Waals surface area contributed by atoms with Gasteiger partial charge in [-0.1, -0.05) is 30.3 Å². The van der Waals surface area contributed by atoms with Gasteiger partial charge in [-0.05, 0) is 49.8 Å². The average Bonchev–Trinajstić information content (AvgIpc) is 3.19. The number of carbonyl (C=O) groups excluding carboxylic acids is 1. The molecule has 1 amide bonds. The minimum absolute atomic E-state index is 0.0510. The van der Waals surface area contributed by atoms with Gasteiger partial charge in [-0.25, -0.2) is 0 Å². The number of amides is 1. The Morgan fingerprint density at radius 3 is 2.68 bits per heavy atom. The van der Waals surface area contributed by atoms with Crippen LogP contribution in [0.25, 0.3) is 10.9 Å². The van der Waals surface area contributed by atoms with Crippen LogP contribution in [0.1, 0.15) is 21.5 Å². The van der Waals surface area contributed by atoms with Crippen LogP contribution < -0.4 is 16.0 Å². The van der Waals surface area contributed by atoms with Crippen LogP contribution in [0.2, 0.25) is 0 Å². The number of nitrogens with zero attached hydrogens (tertiary/aromatic N) is 2. The standard InChI is InChI=1S/C24H32N6O/c1-25-24(27-12-11-20-17-28-22-10-5-4-9-21(20)22)29-16-18-7-6-8-19(15-18)23(31)26-13-14-30(2)3/h4-10,15,17,28H,11-14,16H2,1-3H3,(H,26,31)(H2,25,27,29). The molecule has 3 rings (SSSR count).